The van der Waals surface area contributed by atoms with Gasteiger partial charge >= 0.3 is 0 Å². The fraction of sp³-hybridized carbons (Fsp3) is 0.222. The Morgan fingerprint density at radius 1 is 1.00 bits per heavy atom. The summed E-state index contributed by atoms with van der Waals surface area (Å²) in [4.78, 5) is 31.1. The second-order valence-corrected chi connectivity index (χ2v) is 9.31. The molecule has 174 valence electrons. The van der Waals surface area contributed by atoms with Crippen molar-refractivity contribution in [3.8, 4) is 5.75 Å². The Morgan fingerprint density at radius 3 is 2.38 bits per heavy atom. The van der Waals surface area contributed by atoms with Gasteiger partial charge in [0.05, 0.1) is 29.3 Å². The smallest absolute Gasteiger partial charge is 0.262 e. The Hall–Kier alpha value is -3.58. The molecule has 0 saturated heterocycles. The highest BCUT2D eigenvalue weighted by atomic mass is 32.2. The average molecular weight is 474 g/mol. The summed E-state index contributed by atoms with van der Waals surface area (Å²) in [5, 5.41) is 3.61. The Kier molecular flexibility index (Phi) is 7.33. The van der Waals surface area contributed by atoms with Crippen LogP contribution >= 0.6 is 11.8 Å². The van der Waals surface area contributed by atoms with E-state index >= 15 is 0 Å². The summed E-state index contributed by atoms with van der Waals surface area (Å²) in [5.41, 5.74) is 2.48. The van der Waals surface area contributed by atoms with E-state index in [4.69, 9.17) is 9.72 Å². The number of carbonyl (C=O) groups excluding carboxylic acids is 1. The van der Waals surface area contributed by atoms with Crippen LogP contribution in [0.15, 0.2) is 88.8 Å². The van der Waals surface area contributed by atoms with Crippen LogP contribution in [0.3, 0.4) is 0 Å². The Labute approximate surface area is 203 Å². The van der Waals surface area contributed by atoms with Crippen LogP contribution in [0.1, 0.15) is 31.0 Å². The fourth-order valence-electron chi connectivity index (χ4n) is 3.72. The van der Waals surface area contributed by atoms with Crippen molar-refractivity contribution in [2.45, 2.75) is 36.8 Å². The summed E-state index contributed by atoms with van der Waals surface area (Å²) in [7, 11) is 1.62. The Balaban J connectivity index is 1.59. The van der Waals surface area contributed by atoms with E-state index in [0.29, 0.717) is 22.6 Å². The average Bonchev–Trinajstić information content (AvgIpc) is 2.88. The molecule has 3 aromatic carbocycles. The molecule has 1 heterocycles. The van der Waals surface area contributed by atoms with Crippen LogP contribution in [0.25, 0.3) is 10.9 Å². The molecule has 34 heavy (non-hydrogen) atoms. The lowest BCUT2D eigenvalue weighted by Gasteiger charge is -2.21. The predicted octanol–water partition coefficient (Wildman–Crippen LogP) is 4.81. The number of fused-ring (bicyclic) bond motifs is 1. The first-order valence-electron chi connectivity index (χ1n) is 11.1. The number of hydrogen-bond donors (Lipinski definition) is 1. The zero-order chi connectivity index (χ0) is 24.1. The number of nitrogens with one attached hydrogen (secondary N) is 1. The summed E-state index contributed by atoms with van der Waals surface area (Å²) in [6.07, 6.45) is 0. The van der Waals surface area contributed by atoms with Crippen molar-refractivity contribution < 1.29 is 9.53 Å². The van der Waals surface area contributed by atoms with Crippen molar-refractivity contribution in [1.82, 2.24) is 14.9 Å². The van der Waals surface area contributed by atoms with Gasteiger partial charge in [-0.25, -0.2) is 4.98 Å². The number of para-hydroxylation sites is 1. The molecule has 2 atom stereocenters. The van der Waals surface area contributed by atoms with Crippen LogP contribution in [0.5, 0.6) is 5.75 Å². The highest BCUT2D eigenvalue weighted by Gasteiger charge is 2.22. The number of benzene rings is 3. The van der Waals surface area contributed by atoms with Crippen LogP contribution in [-0.2, 0) is 11.3 Å². The van der Waals surface area contributed by atoms with Gasteiger partial charge in [0.25, 0.3) is 5.56 Å². The SMILES string of the molecule is COc1ccc(CNC(=O)[C@H](C)Sc2nc3ccccc3c(=O)n2[C@@H](C)c2ccccc2)cc1. The van der Waals surface area contributed by atoms with E-state index in [1.807, 2.05) is 86.6 Å². The maximum absolute atomic E-state index is 13.5. The van der Waals surface area contributed by atoms with Gasteiger partial charge in [-0.3, -0.25) is 14.2 Å². The van der Waals surface area contributed by atoms with Gasteiger partial charge in [-0.2, -0.15) is 0 Å². The van der Waals surface area contributed by atoms with E-state index in [1.54, 1.807) is 17.7 Å². The van der Waals surface area contributed by atoms with Gasteiger partial charge in [0, 0.05) is 6.54 Å². The lowest BCUT2D eigenvalue weighted by atomic mass is 10.1. The maximum atomic E-state index is 13.5. The molecule has 1 N–H and O–H groups in total. The van der Waals surface area contributed by atoms with Crippen molar-refractivity contribution in [1.29, 1.82) is 0 Å². The normalized spacial score (nSPS) is 12.8. The van der Waals surface area contributed by atoms with Crippen LogP contribution in [0.2, 0.25) is 0 Å². The van der Waals surface area contributed by atoms with Crippen molar-refractivity contribution in [3.63, 3.8) is 0 Å². The van der Waals surface area contributed by atoms with Gasteiger partial charge in [0.15, 0.2) is 5.16 Å². The molecule has 0 aliphatic carbocycles. The second kappa shape index (κ2) is 10.6. The van der Waals surface area contributed by atoms with Crippen LogP contribution < -0.4 is 15.6 Å². The summed E-state index contributed by atoms with van der Waals surface area (Å²) < 4.78 is 6.87. The number of rotatable bonds is 8. The molecule has 0 aliphatic heterocycles. The monoisotopic (exact) mass is 473 g/mol. The van der Waals surface area contributed by atoms with Crippen molar-refractivity contribution >= 4 is 28.6 Å². The highest BCUT2D eigenvalue weighted by molar-refractivity contribution is 8.00. The van der Waals surface area contributed by atoms with Gasteiger partial charge in [0.1, 0.15) is 5.75 Å². The van der Waals surface area contributed by atoms with Gasteiger partial charge in [-0.15, -0.1) is 0 Å². The highest BCUT2D eigenvalue weighted by Crippen LogP contribution is 2.27. The third-order valence-corrected chi connectivity index (χ3v) is 6.79. The molecule has 1 amide bonds. The summed E-state index contributed by atoms with van der Waals surface area (Å²) in [5.74, 6) is 0.647. The topological polar surface area (TPSA) is 73.2 Å². The van der Waals surface area contributed by atoms with Crippen molar-refractivity contribution in [2.24, 2.45) is 0 Å². The molecule has 4 rings (SSSR count). The molecule has 7 heteroatoms. The molecule has 0 saturated carbocycles. The lowest BCUT2D eigenvalue weighted by Crippen LogP contribution is -2.32. The van der Waals surface area contributed by atoms with E-state index < -0.39 is 5.25 Å². The Bertz CT molecular complexity index is 1340. The third-order valence-electron chi connectivity index (χ3n) is 5.72. The first-order chi connectivity index (χ1) is 16.5. The number of carbonyl (C=O) groups is 1. The summed E-state index contributed by atoms with van der Waals surface area (Å²) in [6.45, 7) is 4.21. The Morgan fingerprint density at radius 2 is 1.68 bits per heavy atom. The number of hydrogen-bond acceptors (Lipinski definition) is 5. The fourth-order valence-corrected chi connectivity index (χ4v) is 4.73. The molecule has 0 fully saturated rings. The largest absolute Gasteiger partial charge is 0.497 e. The minimum absolute atomic E-state index is 0.115. The first-order valence-corrected chi connectivity index (χ1v) is 12.0. The molecular formula is C27H27N3O3S. The van der Waals surface area contributed by atoms with E-state index in [-0.39, 0.29) is 17.5 Å². The van der Waals surface area contributed by atoms with Crippen LogP contribution in [0, 0.1) is 0 Å². The molecule has 4 aromatic rings. The quantitative estimate of drug-likeness (QED) is 0.294. The number of amides is 1. The zero-order valence-corrected chi connectivity index (χ0v) is 20.2. The molecule has 0 unspecified atom stereocenters. The van der Waals surface area contributed by atoms with E-state index in [1.165, 1.54) is 11.8 Å². The number of nitrogens with zero attached hydrogens (tertiary/aromatic N) is 2. The van der Waals surface area contributed by atoms with Crippen LogP contribution in [-0.4, -0.2) is 27.8 Å². The van der Waals surface area contributed by atoms with Crippen molar-refractivity contribution in [2.75, 3.05) is 7.11 Å². The number of thioether (sulfide) groups is 1. The number of ether oxygens (including phenoxy) is 1. The zero-order valence-electron chi connectivity index (χ0n) is 19.4. The lowest BCUT2D eigenvalue weighted by molar-refractivity contribution is -0.120. The van der Waals surface area contributed by atoms with Gasteiger partial charge in [0.2, 0.25) is 5.91 Å². The van der Waals surface area contributed by atoms with Crippen molar-refractivity contribution in [3.05, 3.63) is 100 Å². The number of methoxy groups -OCH3 is 1. The molecule has 0 bridgehead atoms. The minimum atomic E-state index is -0.444. The standard InChI is InChI=1S/C27H27N3O3S/c1-18(21-9-5-4-6-10-21)30-26(32)23-11-7-8-12-24(23)29-27(30)34-19(2)25(31)28-17-20-13-15-22(33-3)16-14-20/h4-16,18-19H,17H2,1-3H3,(H,28,31)/t18-,19-/m0/s1. The van der Waals surface area contributed by atoms with Gasteiger partial charge < -0.3 is 10.1 Å². The summed E-state index contributed by atoms with van der Waals surface area (Å²) in [6, 6.07) is 24.5. The predicted molar refractivity (Wildman–Crippen MR) is 136 cm³/mol. The van der Waals surface area contributed by atoms with Crippen LogP contribution in [0.4, 0.5) is 0 Å². The first kappa shape index (κ1) is 23.6. The van der Waals surface area contributed by atoms with Gasteiger partial charge in [-0.05, 0) is 49.2 Å². The van der Waals surface area contributed by atoms with E-state index in [2.05, 4.69) is 5.32 Å². The maximum Gasteiger partial charge on any atom is 0.262 e. The summed E-state index contributed by atoms with van der Waals surface area (Å²) >= 11 is 1.29. The number of aromatic nitrogens is 2. The molecule has 0 radical (unpaired) electrons. The van der Waals surface area contributed by atoms with Gasteiger partial charge in [-0.1, -0.05) is 66.4 Å². The molecule has 6 nitrogen and oxygen atoms in total. The molecular weight excluding hydrogens is 446 g/mol. The van der Waals surface area contributed by atoms with E-state index in [0.717, 1.165) is 16.9 Å². The second-order valence-electron chi connectivity index (χ2n) is 8.00. The third kappa shape index (κ3) is 5.15. The molecule has 0 spiro atoms. The minimum Gasteiger partial charge on any atom is -0.497 e. The van der Waals surface area contributed by atoms with E-state index in [9.17, 15) is 9.59 Å². The molecule has 0 aliphatic rings. The molecule has 1 aromatic heterocycles.